The number of rotatable bonds is 6. The number of aliphatic hydroxyl groups excluding tert-OH is 1. The average molecular weight is 267 g/mol. The zero-order valence-electron chi connectivity index (χ0n) is 10.9. The fourth-order valence-corrected chi connectivity index (χ4v) is 1.65. The van der Waals surface area contributed by atoms with E-state index in [1.165, 1.54) is 0 Å². The molecule has 19 heavy (non-hydrogen) atoms. The molecule has 1 rings (SSSR count). The summed E-state index contributed by atoms with van der Waals surface area (Å²) in [5.74, 6) is -1.01. The molecule has 0 fully saturated rings. The Morgan fingerprint density at radius 1 is 1.42 bits per heavy atom. The number of carbonyl (C=O) groups is 1. The molecule has 6 nitrogen and oxygen atoms in total. The van der Waals surface area contributed by atoms with E-state index in [2.05, 4.69) is 0 Å². The van der Waals surface area contributed by atoms with Crippen LogP contribution in [0.4, 0.5) is 0 Å². The molecule has 0 saturated heterocycles. The summed E-state index contributed by atoms with van der Waals surface area (Å²) in [7, 11) is 0. The van der Waals surface area contributed by atoms with Gasteiger partial charge in [-0.2, -0.15) is 0 Å². The lowest BCUT2D eigenvalue weighted by Gasteiger charge is -2.22. The van der Waals surface area contributed by atoms with Crippen molar-refractivity contribution in [3.63, 3.8) is 0 Å². The van der Waals surface area contributed by atoms with E-state index in [4.69, 9.17) is 4.74 Å². The lowest BCUT2D eigenvalue weighted by atomic mass is 9.92. The maximum atomic E-state index is 11.9. The Kier molecular flexibility index (Phi) is 5.00. The Hall–Kier alpha value is -1.95. The second-order valence-corrected chi connectivity index (χ2v) is 4.56. The first-order valence-electron chi connectivity index (χ1n) is 5.92. The fourth-order valence-electron chi connectivity index (χ4n) is 1.65. The number of aliphatic hydroxyl groups is 1. The number of carbonyl (C=O) groups excluding carboxylic acids is 1. The molecule has 0 radical (unpaired) electrons. The van der Waals surface area contributed by atoms with Gasteiger partial charge in [-0.15, -0.1) is 0 Å². The van der Waals surface area contributed by atoms with Crippen LogP contribution in [0.1, 0.15) is 19.4 Å². The van der Waals surface area contributed by atoms with Crippen molar-refractivity contribution in [1.82, 2.24) is 0 Å². The summed E-state index contributed by atoms with van der Waals surface area (Å²) in [4.78, 5) is 22.4. The lowest BCUT2D eigenvalue weighted by molar-refractivity contribution is -0.558. The SMILES string of the molecule is CC(C)OC(=O)C(CO)(Cc1ccccc1)[N+](=O)[O-]. The average Bonchev–Trinajstić information content (AvgIpc) is 2.35. The van der Waals surface area contributed by atoms with Crippen molar-refractivity contribution in [2.24, 2.45) is 0 Å². The van der Waals surface area contributed by atoms with E-state index < -0.39 is 29.1 Å². The van der Waals surface area contributed by atoms with Crippen molar-refractivity contribution in [2.75, 3.05) is 6.61 Å². The number of nitrogens with zero attached hydrogens (tertiary/aromatic N) is 1. The monoisotopic (exact) mass is 267 g/mol. The molecule has 6 heteroatoms. The van der Waals surface area contributed by atoms with Gasteiger partial charge in [-0.25, -0.2) is 4.79 Å². The van der Waals surface area contributed by atoms with E-state index in [0.29, 0.717) is 5.56 Å². The minimum Gasteiger partial charge on any atom is -0.458 e. The normalized spacial score (nSPS) is 13.9. The molecule has 1 atom stereocenters. The van der Waals surface area contributed by atoms with Crippen molar-refractivity contribution in [2.45, 2.75) is 31.9 Å². The minimum atomic E-state index is -2.15. The Labute approximate surface area is 111 Å². The molecular weight excluding hydrogens is 250 g/mol. The van der Waals surface area contributed by atoms with Crippen LogP contribution in [-0.2, 0) is 16.0 Å². The first-order valence-corrected chi connectivity index (χ1v) is 5.92. The molecule has 1 aromatic rings. The van der Waals surface area contributed by atoms with Crippen LogP contribution in [0.5, 0.6) is 0 Å². The molecule has 104 valence electrons. The highest BCUT2D eigenvalue weighted by molar-refractivity contribution is 5.80. The van der Waals surface area contributed by atoms with Gasteiger partial charge < -0.3 is 9.84 Å². The molecule has 1 N–H and O–H groups in total. The molecule has 0 spiro atoms. The number of esters is 1. The second-order valence-electron chi connectivity index (χ2n) is 4.56. The summed E-state index contributed by atoms with van der Waals surface area (Å²) in [5.41, 5.74) is -1.56. The van der Waals surface area contributed by atoms with Gasteiger partial charge in [-0.3, -0.25) is 10.1 Å². The van der Waals surface area contributed by atoms with E-state index in [9.17, 15) is 20.0 Å². The summed E-state index contributed by atoms with van der Waals surface area (Å²) >= 11 is 0. The van der Waals surface area contributed by atoms with Gasteiger partial charge in [0.2, 0.25) is 0 Å². The molecule has 0 aliphatic carbocycles. The van der Waals surface area contributed by atoms with Crippen LogP contribution in [0.2, 0.25) is 0 Å². The first kappa shape index (κ1) is 15.1. The lowest BCUT2D eigenvalue weighted by Crippen LogP contribution is -2.53. The third kappa shape index (κ3) is 3.51. The maximum Gasteiger partial charge on any atom is 0.387 e. The minimum absolute atomic E-state index is 0.205. The molecule has 0 saturated carbocycles. The summed E-state index contributed by atoms with van der Waals surface area (Å²) in [6.07, 6.45) is -0.683. The van der Waals surface area contributed by atoms with Gasteiger partial charge in [-0.05, 0) is 19.4 Å². The number of ether oxygens (including phenoxy) is 1. The number of nitro groups is 1. The van der Waals surface area contributed by atoms with Crippen molar-refractivity contribution in [1.29, 1.82) is 0 Å². The maximum absolute atomic E-state index is 11.9. The van der Waals surface area contributed by atoms with E-state index in [0.717, 1.165) is 0 Å². The first-order chi connectivity index (χ1) is 8.92. The van der Waals surface area contributed by atoms with Crippen LogP contribution in [0.3, 0.4) is 0 Å². The van der Waals surface area contributed by atoms with Crippen LogP contribution in [-0.4, -0.2) is 34.2 Å². The van der Waals surface area contributed by atoms with Gasteiger partial charge in [0.25, 0.3) is 0 Å². The molecule has 1 unspecified atom stereocenters. The van der Waals surface area contributed by atoms with Crippen molar-refractivity contribution >= 4 is 5.97 Å². The van der Waals surface area contributed by atoms with E-state index in [-0.39, 0.29) is 6.42 Å². The van der Waals surface area contributed by atoms with Crippen LogP contribution in [0.15, 0.2) is 30.3 Å². The Bertz CT molecular complexity index is 446. The van der Waals surface area contributed by atoms with E-state index >= 15 is 0 Å². The molecule has 0 aliphatic heterocycles. The summed E-state index contributed by atoms with van der Waals surface area (Å²) in [6.45, 7) is 2.30. The molecule has 0 bridgehead atoms. The molecule has 0 aliphatic rings. The fraction of sp³-hybridized carbons (Fsp3) is 0.462. The largest absolute Gasteiger partial charge is 0.458 e. The van der Waals surface area contributed by atoms with Crippen molar-refractivity contribution in [3.8, 4) is 0 Å². The highest BCUT2D eigenvalue weighted by Crippen LogP contribution is 2.20. The summed E-state index contributed by atoms with van der Waals surface area (Å²) < 4.78 is 4.90. The smallest absolute Gasteiger partial charge is 0.387 e. The van der Waals surface area contributed by atoms with Gasteiger partial charge in [0.15, 0.2) is 0 Å². The molecule has 0 heterocycles. The molecular formula is C13H17NO5. The third-order valence-corrected chi connectivity index (χ3v) is 2.67. The van der Waals surface area contributed by atoms with Gasteiger partial charge in [-0.1, -0.05) is 30.3 Å². The van der Waals surface area contributed by atoms with Crippen LogP contribution >= 0.6 is 0 Å². The topological polar surface area (TPSA) is 89.7 Å². The van der Waals surface area contributed by atoms with Crippen molar-refractivity contribution in [3.05, 3.63) is 46.0 Å². The van der Waals surface area contributed by atoms with Crippen LogP contribution in [0, 0.1) is 10.1 Å². The van der Waals surface area contributed by atoms with E-state index in [1.807, 2.05) is 0 Å². The summed E-state index contributed by atoms with van der Waals surface area (Å²) in [6, 6.07) is 8.52. The van der Waals surface area contributed by atoms with E-state index in [1.54, 1.807) is 44.2 Å². The quantitative estimate of drug-likeness (QED) is 0.475. The number of hydrogen-bond acceptors (Lipinski definition) is 5. The summed E-state index contributed by atoms with van der Waals surface area (Å²) in [5, 5.41) is 20.6. The highest BCUT2D eigenvalue weighted by atomic mass is 16.6. The Balaban J connectivity index is 3.06. The van der Waals surface area contributed by atoms with Crippen molar-refractivity contribution < 1.29 is 19.6 Å². The number of hydrogen-bond donors (Lipinski definition) is 1. The number of benzene rings is 1. The highest BCUT2D eigenvalue weighted by Gasteiger charge is 2.52. The molecule has 1 aromatic carbocycles. The third-order valence-electron chi connectivity index (χ3n) is 2.67. The zero-order valence-corrected chi connectivity index (χ0v) is 10.9. The Morgan fingerprint density at radius 3 is 2.42 bits per heavy atom. The molecule has 0 amide bonds. The van der Waals surface area contributed by atoms with Crippen LogP contribution in [0.25, 0.3) is 0 Å². The second kappa shape index (κ2) is 6.29. The Morgan fingerprint density at radius 2 is 2.00 bits per heavy atom. The standard InChI is InChI=1S/C13H17NO5/c1-10(2)19-12(16)13(9-15,14(17)18)8-11-6-4-3-5-7-11/h3-7,10,15H,8-9H2,1-2H3. The van der Waals surface area contributed by atoms with Gasteiger partial charge in [0.05, 0.1) is 12.5 Å². The van der Waals surface area contributed by atoms with Gasteiger partial charge >= 0.3 is 11.5 Å². The van der Waals surface area contributed by atoms with Gasteiger partial charge in [0.1, 0.15) is 6.61 Å². The predicted octanol–water partition coefficient (Wildman–Crippen LogP) is 1.19. The van der Waals surface area contributed by atoms with Crippen LogP contribution < -0.4 is 0 Å². The van der Waals surface area contributed by atoms with Gasteiger partial charge in [0, 0.05) is 4.92 Å². The molecule has 0 aromatic heterocycles. The predicted molar refractivity (Wildman–Crippen MR) is 68.2 cm³/mol. The zero-order chi connectivity index (χ0) is 14.5.